The fourth-order valence-electron chi connectivity index (χ4n) is 2.29. The monoisotopic (exact) mass is 344 g/mol. The first-order valence-electron chi connectivity index (χ1n) is 7.47. The Balaban J connectivity index is 1.63. The zero-order valence-corrected chi connectivity index (χ0v) is 13.1. The summed E-state index contributed by atoms with van der Waals surface area (Å²) < 4.78 is 15.3. The van der Waals surface area contributed by atoms with E-state index in [-0.39, 0.29) is 18.8 Å². The van der Waals surface area contributed by atoms with Gasteiger partial charge >= 0.3 is 11.8 Å². The first kappa shape index (κ1) is 16.6. The normalized spacial score (nSPS) is 13.2. The van der Waals surface area contributed by atoms with E-state index in [1.165, 1.54) is 25.1 Å². The Bertz CT molecular complexity index is 771. The SMILES string of the molecule is O=C(NCc1ccco1)C(=O)NCC(O)(c1ccoc1)c1ccco1. The molecule has 1 unspecified atom stereocenters. The highest BCUT2D eigenvalue weighted by Gasteiger charge is 2.36. The molecular weight excluding hydrogens is 328 g/mol. The molecule has 0 spiro atoms. The molecule has 130 valence electrons. The molecule has 0 aliphatic carbocycles. The number of nitrogens with one attached hydrogen (secondary N) is 2. The van der Waals surface area contributed by atoms with Crippen molar-refractivity contribution >= 4 is 11.8 Å². The van der Waals surface area contributed by atoms with Gasteiger partial charge in [-0.1, -0.05) is 0 Å². The van der Waals surface area contributed by atoms with Crippen molar-refractivity contribution < 1.29 is 27.9 Å². The van der Waals surface area contributed by atoms with Gasteiger partial charge in [-0.15, -0.1) is 0 Å². The van der Waals surface area contributed by atoms with E-state index < -0.39 is 17.4 Å². The highest BCUT2D eigenvalue weighted by Crippen LogP contribution is 2.29. The lowest BCUT2D eigenvalue weighted by molar-refractivity contribution is -0.139. The lowest BCUT2D eigenvalue weighted by Gasteiger charge is -2.25. The van der Waals surface area contributed by atoms with E-state index >= 15 is 0 Å². The van der Waals surface area contributed by atoms with Crippen LogP contribution in [0.5, 0.6) is 0 Å². The van der Waals surface area contributed by atoms with Crippen molar-refractivity contribution in [1.29, 1.82) is 0 Å². The van der Waals surface area contributed by atoms with Crippen LogP contribution in [0.25, 0.3) is 0 Å². The summed E-state index contributed by atoms with van der Waals surface area (Å²) in [5.74, 6) is -0.998. The molecule has 0 aliphatic rings. The van der Waals surface area contributed by atoms with Crippen molar-refractivity contribution in [3.8, 4) is 0 Å². The Kier molecular flexibility index (Phi) is 4.71. The maximum atomic E-state index is 12.0. The molecule has 3 aromatic heterocycles. The number of hydrogen-bond donors (Lipinski definition) is 3. The van der Waals surface area contributed by atoms with Crippen LogP contribution in [-0.4, -0.2) is 23.5 Å². The molecule has 0 fully saturated rings. The smallest absolute Gasteiger partial charge is 0.309 e. The van der Waals surface area contributed by atoms with Gasteiger partial charge in [-0.3, -0.25) is 9.59 Å². The van der Waals surface area contributed by atoms with Gasteiger partial charge in [-0.05, 0) is 30.3 Å². The van der Waals surface area contributed by atoms with Gasteiger partial charge in [0.1, 0.15) is 11.5 Å². The van der Waals surface area contributed by atoms with E-state index in [2.05, 4.69) is 10.6 Å². The minimum atomic E-state index is -1.66. The number of hydrogen-bond acceptors (Lipinski definition) is 6. The summed E-state index contributed by atoms with van der Waals surface area (Å²) in [6.45, 7) is -0.184. The number of aliphatic hydroxyl groups is 1. The van der Waals surface area contributed by atoms with Gasteiger partial charge in [0.2, 0.25) is 0 Å². The van der Waals surface area contributed by atoms with E-state index in [4.69, 9.17) is 13.3 Å². The second-order valence-electron chi connectivity index (χ2n) is 5.29. The minimum absolute atomic E-state index is 0.0867. The Morgan fingerprint density at radius 3 is 2.40 bits per heavy atom. The summed E-state index contributed by atoms with van der Waals surface area (Å²) in [5, 5.41) is 15.7. The zero-order valence-electron chi connectivity index (χ0n) is 13.1. The van der Waals surface area contributed by atoms with Crippen molar-refractivity contribution in [1.82, 2.24) is 10.6 Å². The third kappa shape index (κ3) is 3.64. The van der Waals surface area contributed by atoms with Gasteiger partial charge in [-0.25, -0.2) is 0 Å². The van der Waals surface area contributed by atoms with Gasteiger partial charge in [0.15, 0.2) is 5.60 Å². The summed E-state index contributed by atoms with van der Waals surface area (Å²) in [6, 6.07) is 8.07. The van der Waals surface area contributed by atoms with Crippen molar-refractivity contribution in [3.05, 3.63) is 72.5 Å². The van der Waals surface area contributed by atoms with Crippen LogP contribution in [0.15, 0.2) is 68.6 Å². The molecule has 3 rings (SSSR count). The van der Waals surface area contributed by atoms with Crippen LogP contribution in [0.2, 0.25) is 0 Å². The van der Waals surface area contributed by atoms with Gasteiger partial charge in [0.05, 0.1) is 38.1 Å². The predicted octanol–water partition coefficient (Wildman–Crippen LogP) is 1.13. The average Bonchev–Trinajstić information content (AvgIpc) is 3.38. The number of carbonyl (C=O) groups is 2. The maximum Gasteiger partial charge on any atom is 0.309 e. The van der Waals surface area contributed by atoms with E-state index in [9.17, 15) is 14.7 Å². The third-order valence-corrected chi connectivity index (χ3v) is 3.64. The summed E-state index contributed by atoms with van der Waals surface area (Å²) in [4.78, 5) is 23.8. The summed E-state index contributed by atoms with van der Waals surface area (Å²) in [5.41, 5.74) is -1.27. The first-order chi connectivity index (χ1) is 12.1. The molecule has 0 saturated heterocycles. The molecule has 0 aromatic carbocycles. The topological polar surface area (TPSA) is 118 Å². The van der Waals surface area contributed by atoms with Crippen molar-refractivity contribution in [2.24, 2.45) is 0 Å². The molecule has 3 heterocycles. The first-order valence-corrected chi connectivity index (χ1v) is 7.47. The van der Waals surface area contributed by atoms with E-state index in [0.29, 0.717) is 11.3 Å². The van der Waals surface area contributed by atoms with E-state index in [1.807, 2.05) is 0 Å². The highest BCUT2D eigenvalue weighted by molar-refractivity contribution is 6.35. The molecule has 1 atom stereocenters. The Morgan fingerprint density at radius 1 is 1.00 bits per heavy atom. The zero-order chi connectivity index (χ0) is 17.7. The van der Waals surface area contributed by atoms with Crippen LogP contribution >= 0.6 is 0 Å². The van der Waals surface area contributed by atoms with Crippen LogP contribution in [0.1, 0.15) is 17.1 Å². The predicted molar refractivity (Wildman–Crippen MR) is 84.0 cm³/mol. The number of furan rings is 3. The molecule has 8 nitrogen and oxygen atoms in total. The fourth-order valence-corrected chi connectivity index (χ4v) is 2.29. The molecule has 8 heteroatoms. The lowest BCUT2D eigenvalue weighted by Crippen LogP contribution is -2.46. The van der Waals surface area contributed by atoms with Crippen LogP contribution in [0.3, 0.4) is 0 Å². The van der Waals surface area contributed by atoms with Gasteiger partial charge in [0.25, 0.3) is 0 Å². The molecule has 0 saturated carbocycles. The minimum Gasteiger partial charge on any atom is -0.472 e. The molecule has 3 N–H and O–H groups in total. The van der Waals surface area contributed by atoms with Gasteiger partial charge < -0.3 is 29.0 Å². The Hall–Kier alpha value is -3.26. The largest absolute Gasteiger partial charge is 0.472 e. The number of rotatable bonds is 6. The van der Waals surface area contributed by atoms with Crippen LogP contribution < -0.4 is 10.6 Å². The summed E-state index contributed by atoms with van der Waals surface area (Å²) in [7, 11) is 0. The number of carbonyl (C=O) groups excluding carboxylic acids is 2. The molecule has 0 aliphatic heterocycles. The second kappa shape index (κ2) is 7.10. The molecule has 2 amide bonds. The number of amides is 2. The van der Waals surface area contributed by atoms with Gasteiger partial charge in [0, 0.05) is 5.56 Å². The maximum absolute atomic E-state index is 12.0. The Labute approximate surface area is 142 Å². The lowest BCUT2D eigenvalue weighted by atomic mass is 9.93. The average molecular weight is 344 g/mol. The van der Waals surface area contributed by atoms with Crippen LogP contribution in [-0.2, 0) is 21.7 Å². The second-order valence-corrected chi connectivity index (χ2v) is 5.29. The molecule has 0 radical (unpaired) electrons. The van der Waals surface area contributed by atoms with E-state index in [0.717, 1.165) is 0 Å². The molecule has 0 bridgehead atoms. The quantitative estimate of drug-likeness (QED) is 0.577. The van der Waals surface area contributed by atoms with Crippen molar-refractivity contribution in [2.75, 3.05) is 6.54 Å². The van der Waals surface area contributed by atoms with E-state index in [1.54, 1.807) is 30.3 Å². The van der Waals surface area contributed by atoms with Crippen molar-refractivity contribution in [2.45, 2.75) is 12.1 Å². The van der Waals surface area contributed by atoms with Crippen LogP contribution in [0, 0.1) is 0 Å². The third-order valence-electron chi connectivity index (χ3n) is 3.64. The van der Waals surface area contributed by atoms with Crippen molar-refractivity contribution in [3.63, 3.8) is 0 Å². The summed E-state index contributed by atoms with van der Waals surface area (Å²) in [6.07, 6.45) is 5.60. The summed E-state index contributed by atoms with van der Waals surface area (Å²) >= 11 is 0. The molecular formula is C17H16N2O6. The fraction of sp³-hybridized carbons (Fsp3) is 0.176. The van der Waals surface area contributed by atoms with Crippen LogP contribution in [0.4, 0.5) is 0 Å². The highest BCUT2D eigenvalue weighted by atomic mass is 16.4. The Morgan fingerprint density at radius 2 is 1.76 bits per heavy atom. The van der Waals surface area contributed by atoms with Gasteiger partial charge in [-0.2, -0.15) is 0 Å². The molecule has 3 aromatic rings. The molecule has 25 heavy (non-hydrogen) atoms. The standard InChI is InChI=1S/C17H16N2O6/c20-15(18-9-13-3-1-6-24-13)16(21)19-11-17(22,12-5-8-23-10-12)14-4-2-7-25-14/h1-8,10,22H,9,11H2,(H,18,20)(H,19,21).